The molecule has 5 aliphatic rings. The molecule has 0 aromatic carbocycles. The maximum absolute atomic E-state index is 6.43. The van der Waals surface area contributed by atoms with Gasteiger partial charge >= 0.3 is 0 Å². The lowest BCUT2D eigenvalue weighted by Gasteiger charge is -2.51. The summed E-state index contributed by atoms with van der Waals surface area (Å²) in [6.45, 7) is 0.802. The Morgan fingerprint density at radius 3 is 1.10 bits per heavy atom. The molecule has 1 nitrogen and oxygen atoms in total. The van der Waals surface area contributed by atoms with E-state index in [4.69, 9.17) is 4.66 Å². The topological polar surface area (TPSA) is 12.4 Å². The summed E-state index contributed by atoms with van der Waals surface area (Å²) in [5.41, 5.74) is 3.14. The Bertz CT molecular complexity index is 497. The van der Waals surface area contributed by atoms with Gasteiger partial charge in [-0.25, -0.2) is 0 Å². The Labute approximate surface area is 182 Å². The summed E-state index contributed by atoms with van der Waals surface area (Å²) >= 11 is 0. The molecule has 164 valence electrons. The summed E-state index contributed by atoms with van der Waals surface area (Å²) in [5, 5.41) is 0. The lowest BCUT2D eigenvalue weighted by atomic mass is 9.35. The molecular formula is C26H47BNP. The SMILES string of the molecule is C1CCC(P(=NB2C3CCCC2CCC3)(C2CCCCC2)C2CCCCC2)CC1. The molecule has 2 bridgehead atoms. The van der Waals surface area contributed by atoms with E-state index in [0.717, 1.165) is 35.5 Å². The first-order valence-electron chi connectivity index (χ1n) is 14.0. The van der Waals surface area contributed by atoms with Crippen molar-refractivity contribution < 1.29 is 0 Å². The summed E-state index contributed by atoms with van der Waals surface area (Å²) in [6.07, 6.45) is 32.2. The third kappa shape index (κ3) is 4.32. The molecule has 0 aromatic heterocycles. The van der Waals surface area contributed by atoms with Crippen LogP contribution in [0.3, 0.4) is 0 Å². The molecule has 0 spiro atoms. The summed E-state index contributed by atoms with van der Waals surface area (Å²) in [4.78, 5) is 0. The molecule has 5 fully saturated rings. The predicted octanol–water partition coefficient (Wildman–Crippen LogP) is 9.29. The van der Waals surface area contributed by atoms with E-state index in [-0.39, 0.29) is 0 Å². The van der Waals surface area contributed by atoms with E-state index in [2.05, 4.69) is 0 Å². The quantitative estimate of drug-likeness (QED) is 0.320. The minimum Gasteiger partial charge on any atom is -0.356 e. The first-order valence-corrected chi connectivity index (χ1v) is 15.9. The second kappa shape index (κ2) is 9.84. The fourth-order valence-corrected chi connectivity index (χ4v) is 15.5. The molecule has 0 N–H and O–H groups in total. The van der Waals surface area contributed by atoms with E-state index in [1.807, 2.05) is 0 Å². The van der Waals surface area contributed by atoms with Crippen LogP contribution in [0.4, 0.5) is 0 Å². The fourth-order valence-electron chi connectivity index (χ4n) is 8.72. The Morgan fingerprint density at radius 2 is 0.759 bits per heavy atom. The highest BCUT2D eigenvalue weighted by Gasteiger charge is 2.48. The average molecular weight is 415 g/mol. The Hall–Kier alpha value is 0.295. The summed E-state index contributed by atoms with van der Waals surface area (Å²) in [7, 11) is -1.22. The van der Waals surface area contributed by atoms with Crippen LogP contribution in [0.5, 0.6) is 0 Å². The molecule has 3 heteroatoms. The standard InChI is InChI=1S/C26H47BNP/c1-4-16-24(17-5-1)29(25-18-6-2-7-19-25,26-20-8-3-9-21-26)28-27-22-12-10-13-23(27)15-11-14-22/h22-26H,1-21H2. The zero-order chi connectivity index (χ0) is 19.5. The number of rotatable bonds is 4. The second-order valence-electron chi connectivity index (χ2n) is 11.7. The van der Waals surface area contributed by atoms with Crippen LogP contribution in [0, 0.1) is 0 Å². The van der Waals surface area contributed by atoms with Gasteiger partial charge in [0.25, 0.3) is 6.85 Å². The number of hydrogen-bond acceptors (Lipinski definition) is 1. The number of nitrogens with zero attached hydrogens (tertiary/aromatic N) is 1. The van der Waals surface area contributed by atoms with Crippen LogP contribution in [0.2, 0.25) is 11.6 Å². The Morgan fingerprint density at radius 1 is 0.414 bits per heavy atom. The van der Waals surface area contributed by atoms with Crippen molar-refractivity contribution in [1.29, 1.82) is 0 Å². The second-order valence-corrected chi connectivity index (χ2v) is 15.7. The number of fused-ring (bicyclic) bond motifs is 2. The van der Waals surface area contributed by atoms with E-state index in [1.54, 1.807) is 38.5 Å². The Kier molecular flexibility index (Phi) is 7.18. The molecule has 29 heavy (non-hydrogen) atoms. The molecule has 0 radical (unpaired) electrons. The number of hydrogen-bond donors (Lipinski definition) is 0. The molecular weight excluding hydrogens is 368 g/mol. The molecule has 2 heterocycles. The van der Waals surface area contributed by atoms with Crippen molar-refractivity contribution in [3.8, 4) is 0 Å². The molecule has 2 aliphatic heterocycles. The smallest absolute Gasteiger partial charge is 0.283 e. The predicted molar refractivity (Wildman–Crippen MR) is 131 cm³/mol. The highest BCUT2D eigenvalue weighted by Crippen LogP contribution is 2.72. The molecule has 3 aliphatic carbocycles. The zero-order valence-corrected chi connectivity index (χ0v) is 20.1. The Balaban J connectivity index is 1.59. The monoisotopic (exact) mass is 415 g/mol. The molecule has 0 unspecified atom stereocenters. The van der Waals surface area contributed by atoms with Gasteiger partial charge in [0.1, 0.15) is 0 Å². The van der Waals surface area contributed by atoms with E-state index in [9.17, 15) is 0 Å². The van der Waals surface area contributed by atoms with Gasteiger partial charge in [0, 0.05) is 0 Å². The lowest BCUT2D eigenvalue weighted by molar-refractivity contribution is 0.440. The van der Waals surface area contributed by atoms with Crippen LogP contribution in [-0.2, 0) is 0 Å². The van der Waals surface area contributed by atoms with E-state index >= 15 is 0 Å². The van der Waals surface area contributed by atoms with Crippen molar-refractivity contribution in [3.63, 3.8) is 0 Å². The highest BCUT2D eigenvalue weighted by atomic mass is 31.2. The van der Waals surface area contributed by atoms with Crippen LogP contribution in [0.25, 0.3) is 0 Å². The van der Waals surface area contributed by atoms with Gasteiger partial charge in [-0.15, -0.1) is 0 Å². The van der Waals surface area contributed by atoms with E-state index in [0.29, 0.717) is 0 Å². The maximum Gasteiger partial charge on any atom is 0.283 e. The van der Waals surface area contributed by atoms with Gasteiger partial charge < -0.3 is 4.66 Å². The highest BCUT2D eigenvalue weighted by molar-refractivity contribution is 7.69. The van der Waals surface area contributed by atoms with Crippen molar-refractivity contribution >= 4 is 13.9 Å². The van der Waals surface area contributed by atoms with Gasteiger partial charge in [-0.05, 0) is 74.2 Å². The van der Waals surface area contributed by atoms with Crippen molar-refractivity contribution in [3.05, 3.63) is 0 Å². The van der Waals surface area contributed by atoms with E-state index in [1.165, 1.54) is 96.3 Å². The average Bonchev–Trinajstić information content (AvgIpc) is 2.79. The van der Waals surface area contributed by atoms with Gasteiger partial charge in [-0.2, -0.15) is 0 Å². The molecule has 3 saturated carbocycles. The van der Waals surface area contributed by atoms with Gasteiger partial charge in [-0.1, -0.05) is 96.3 Å². The van der Waals surface area contributed by atoms with Gasteiger partial charge in [0.05, 0.1) is 0 Å². The normalized spacial score (nSPS) is 33.6. The third-order valence-corrected chi connectivity index (χ3v) is 15.8. The van der Waals surface area contributed by atoms with Crippen LogP contribution in [0.15, 0.2) is 4.66 Å². The molecule has 0 atom stereocenters. The van der Waals surface area contributed by atoms with Crippen molar-refractivity contribution in [2.75, 3.05) is 0 Å². The molecule has 5 rings (SSSR count). The van der Waals surface area contributed by atoms with Crippen LogP contribution < -0.4 is 0 Å². The van der Waals surface area contributed by atoms with Gasteiger partial charge in [0.2, 0.25) is 0 Å². The zero-order valence-electron chi connectivity index (χ0n) is 19.2. The summed E-state index contributed by atoms with van der Waals surface area (Å²) in [6, 6.07) is 0. The van der Waals surface area contributed by atoms with Crippen molar-refractivity contribution in [2.24, 2.45) is 4.66 Å². The minimum atomic E-state index is -1.22. The largest absolute Gasteiger partial charge is 0.356 e. The van der Waals surface area contributed by atoms with Gasteiger partial charge in [0.15, 0.2) is 0 Å². The van der Waals surface area contributed by atoms with Crippen LogP contribution in [-0.4, -0.2) is 23.8 Å². The summed E-state index contributed by atoms with van der Waals surface area (Å²) in [5.74, 6) is 1.97. The fraction of sp³-hybridized carbons (Fsp3) is 1.00. The summed E-state index contributed by atoms with van der Waals surface area (Å²) < 4.78 is 6.43. The van der Waals surface area contributed by atoms with Crippen molar-refractivity contribution in [2.45, 2.75) is 163 Å². The minimum absolute atomic E-state index is 0.802. The third-order valence-electron chi connectivity index (χ3n) is 10.1. The van der Waals surface area contributed by atoms with E-state index < -0.39 is 7.05 Å². The van der Waals surface area contributed by atoms with Gasteiger partial charge in [-0.3, -0.25) is 0 Å². The first-order chi connectivity index (χ1) is 14.4. The van der Waals surface area contributed by atoms with Crippen LogP contribution in [0.1, 0.15) is 135 Å². The van der Waals surface area contributed by atoms with Crippen molar-refractivity contribution in [1.82, 2.24) is 0 Å². The maximum atomic E-state index is 6.43. The molecule has 0 aromatic rings. The first kappa shape index (κ1) is 21.2. The van der Waals surface area contributed by atoms with Crippen LogP contribution >= 0.6 is 7.05 Å². The molecule has 0 amide bonds. The lowest BCUT2D eigenvalue weighted by Crippen LogP contribution is -2.37. The molecule has 2 saturated heterocycles.